The molecule has 1 atom stereocenters. The minimum absolute atomic E-state index is 0.0184. The Kier molecular flexibility index (Phi) is 6.22. The number of rotatable bonds is 7. The predicted octanol–water partition coefficient (Wildman–Crippen LogP) is 3.03. The van der Waals surface area contributed by atoms with Crippen molar-refractivity contribution in [2.45, 2.75) is 45.6 Å². The average molecular weight is 329 g/mol. The molecule has 5 heteroatoms. The minimum atomic E-state index is -0.319. The molecule has 0 saturated carbocycles. The second kappa shape index (κ2) is 8.16. The van der Waals surface area contributed by atoms with Crippen LogP contribution in [0.15, 0.2) is 24.3 Å². The Bertz CT molecular complexity index is 607. The number of aliphatic hydroxyl groups excluding tert-OH is 1. The summed E-state index contributed by atoms with van der Waals surface area (Å²) in [5.41, 5.74) is 1.15. The van der Waals surface area contributed by atoms with Gasteiger partial charge in [-0.05, 0) is 51.7 Å². The van der Waals surface area contributed by atoms with E-state index in [-0.39, 0.29) is 24.0 Å². The van der Waals surface area contributed by atoms with Gasteiger partial charge in [-0.15, -0.1) is 0 Å². The summed E-state index contributed by atoms with van der Waals surface area (Å²) in [5.74, 6) is -0.0213. The number of carbonyl (C=O) groups excluding carboxylic acids is 1. The molecule has 0 bridgehead atoms. The smallest absolute Gasteiger partial charge is 0.256 e. The molecule has 24 heavy (non-hydrogen) atoms. The first-order chi connectivity index (χ1) is 11.5. The number of benzene rings is 1. The molecule has 0 aliphatic carbocycles. The molecule has 1 fully saturated rings. The van der Waals surface area contributed by atoms with Crippen LogP contribution < -0.4 is 5.32 Å². The third kappa shape index (κ3) is 4.48. The number of amides is 1. The zero-order valence-corrected chi connectivity index (χ0v) is 14.6. The molecule has 2 N–H and O–H groups in total. The summed E-state index contributed by atoms with van der Waals surface area (Å²) in [5, 5.41) is 21.8. The summed E-state index contributed by atoms with van der Waals surface area (Å²) in [7, 11) is 0. The van der Waals surface area contributed by atoms with Crippen molar-refractivity contribution < 1.29 is 9.90 Å². The van der Waals surface area contributed by atoms with Crippen LogP contribution in [0.1, 0.15) is 49.9 Å². The van der Waals surface area contributed by atoms with Gasteiger partial charge in [-0.3, -0.25) is 4.79 Å². The van der Waals surface area contributed by atoms with Crippen LogP contribution in [0.25, 0.3) is 0 Å². The summed E-state index contributed by atoms with van der Waals surface area (Å²) in [4.78, 5) is 14.6. The number of nitrogens with one attached hydrogen (secondary N) is 1. The van der Waals surface area contributed by atoms with Crippen molar-refractivity contribution in [1.29, 1.82) is 5.26 Å². The summed E-state index contributed by atoms with van der Waals surface area (Å²) >= 11 is 0. The molecule has 1 aromatic rings. The highest BCUT2D eigenvalue weighted by Crippen LogP contribution is 2.24. The fraction of sp³-hybridized carbons (Fsp3) is 0.579. The van der Waals surface area contributed by atoms with Crippen LogP contribution in [0.3, 0.4) is 0 Å². The Morgan fingerprint density at radius 3 is 2.92 bits per heavy atom. The van der Waals surface area contributed by atoms with E-state index in [0.29, 0.717) is 12.1 Å². The highest BCUT2D eigenvalue weighted by atomic mass is 16.3. The van der Waals surface area contributed by atoms with Gasteiger partial charge in [0.2, 0.25) is 0 Å². The van der Waals surface area contributed by atoms with Crippen molar-refractivity contribution in [2.24, 2.45) is 5.41 Å². The molecule has 1 amide bonds. The molecule has 1 aliphatic heterocycles. The molecular weight excluding hydrogens is 302 g/mol. The second-order valence-electron chi connectivity index (χ2n) is 7.05. The first kappa shape index (κ1) is 18.3. The van der Waals surface area contributed by atoms with Crippen molar-refractivity contribution in [3.63, 3.8) is 0 Å². The third-order valence-electron chi connectivity index (χ3n) is 4.60. The quantitative estimate of drug-likeness (QED) is 0.754. The number of likely N-dealkylation sites (tertiary alicyclic amines) is 1. The van der Waals surface area contributed by atoms with Crippen molar-refractivity contribution in [3.8, 4) is 6.07 Å². The SMILES string of the molecule is CC(C)(C#N)CCCNc1ccccc1C(=O)N1CCC[C@@H]1CO. The number of hydrogen-bond donors (Lipinski definition) is 2. The van der Waals surface area contributed by atoms with E-state index in [1.54, 1.807) is 4.90 Å². The molecule has 130 valence electrons. The zero-order valence-electron chi connectivity index (χ0n) is 14.6. The van der Waals surface area contributed by atoms with Crippen LogP contribution in [0, 0.1) is 16.7 Å². The molecule has 5 nitrogen and oxygen atoms in total. The predicted molar refractivity (Wildman–Crippen MR) is 94.7 cm³/mol. The van der Waals surface area contributed by atoms with E-state index in [2.05, 4.69) is 11.4 Å². The second-order valence-corrected chi connectivity index (χ2v) is 7.05. The largest absolute Gasteiger partial charge is 0.394 e. The van der Waals surface area contributed by atoms with Gasteiger partial charge in [0.15, 0.2) is 0 Å². The molecule has 1 heterocycles. The van der Waals surface area contributed by atoms with Gasteiger partial charge < -0.3 is 15.3 Å². The van der Waals surface area contributed by atoms with Crippen LogP contribution in [0.5, 0.6) is 0 Å². The highest BCUT2D eigenvalue weighted by Gasteiger charge is 2.29. The van der Waals surface area contributed by atoms with Crippen molar-refractivity contribution in [1.82, 2.24) is 4.90 Å². The fourth-order valence-corrected chi connectivity index (χ4v) is 3.08. The van der Waals surface area contributed by atoms with E-state index in [4.69, 9.17) is 5.26 Å². The van der Waals surface area contributed by atoms with Gasteiger partial charge in [-0.1, -0.05) is 12.1 Å². The van der Waals surface area contributed by atoms with E-state index in [9.17, 15) is 9.90 Å². The van der Waals surface area contributed by atoms with Crippen LogP contribution in [0.2, 0.25) is 0 Å². The van der Waals surface area contributed by atoms with Crippen LogP contribution in [-0.4, -0.2) is 41.7 Å². The Hall–Kier alpha value is -2.06. The van der Waals surface area contributed by atoms with Gasteiger partial charge in [0.05, 0.1) is 29.7 Å². The Morgan fingerprint density at radius 1 is 1.46 bits per heavy atom. The summed E-state index contributed by atoms with van der Waals surface area (Å²) in [6.07, 6.45) is 3.48. The van der Waals surface area contributed by atoms with Crippen LogP contribution in [-0.2, 0) is 0 Å². The number of aliphatic hydroxyl groups is 1. The lowest BCUT2D eigenvalue weighted by atomic mass is 9.90. The first-order valence-corrected chi connectivity index (χ1v) is 8.64. The molecular formula is C19H27N3O2. The normalized spacial score (nSPS) is 17.6. The maximum Gasteiger partial charge on any atom is 0.256 e. The Morgan fingerprint density at radius 2 is 2.21 bits per heavy atom. The lowest BCUT2D eigenvalue weighted by Crippen LogP contribution is -2.37. The van der Waals surface area contributed by atoms with E-state index in [0.717, 1.165) is 37.9 Å². The Labute approximate surface area is 144 Å². The topological polar surface area (TPSA) is 76.4 Å². The fourth-order valence-electron chi connectivity index (χ4n) is 3.08. The van der Waals surface area contributed by atoms with Crippen LogP contribution >= 0.6 is 0 Å². The molecule has 1 aliphatic rings. The highest BCUT2D eigenvalue weighted by molar-refractivity contribution is 5.99. The monoisotopic (exact) mass is 329 g/mol. The van der Waals surface area contributed by atoms with Crippen molar-refractivity contribution in [3.05, 3.63) is 29.8 Å². The molecule has 1 aromatic carbocycles. The van der Waals surface area contributed by atoms with E-state index < -0.39 is 0 Å². The molecule has 0 spiro atoms. The zero-order chi connectivity index (χ0) is 17.6. The maximum atomic E-state index is 12.8. The van der Waals surface area contributed by atoms with Crippen molar-refractivity contribution >= 4 is 11.6 Å². The molecule has 2 rings (SSSR count). The van der Waals surface area contributed by atoms with Gasteiger partial charge in [0, 0.05) is 18.8 Å². The van der Waals surface area contributed by atoms with Gasteiger partial charge >= 0.3 is 0 Å². The minimum Gasteiger partial charge on any atom is -0.394 e. The summed E-state index contributed by atoms with van der Waals surface area (Å²) in [6, 6.07) is 9.75. The lowest BCUT2D eigenvalue weighted by Gasteiger charge is -2.24. The number of nitrogens with zero attached hydrogens (tertiary/aromatic N) is 2. The van der Waals surface area contributed by atoms with Gasteiger partial charge in [0.25, 0.3) is 5.91 Å². The Balaban J connectivity index is 2.00. The standard InChI is InChI=1S/C19H27N3O2/c1-19(2,14-20)10-6-11-21-17-9-4-3-8-16(17)18(24)22-12-5-7-15(22)13-23/h3-4,8-9,15,21,23H,5-7,10-13H2,1-2H3/t15-/m1/s1. The lowest BCUT2D eigenvalue weighted by molar-refractivity contribution is 0.0678. The summed E-state index contributed by atoms with van der Waals surface area (Å²) < 4.78 is 0. The third-order valence-corrected chi connectivity index (χ3v) is 4.60. The van der Waals surface area contributed by atoms with Crippen molar-refractivity contribution in [2.75, 3.05) is 25.0 Å². The van der Waals surface area contributed by atoms with Gasteiger partial charge in [0.1, 0.15) is 0 Å². The average Bonchev–Trinajstić information content (AvgIpc) is 3.07. The maximum absolute atomic E-state index is 12.8. The van der Waals surface area contributed by atoms with E-state index in [1.807, 2.05) is 38.1 Å². The van der Waals surface area contributed by atoms with E-state index in [1.165, 1.54) is 0 Å². The summed E-state index contributed by atoms with van der Waals surface area (Å²) in [6.45, 7) is 5.32. The van der Waals surface area contributed by atoms with Gasteiger partial charge in [-0.25, -0.2) is 0 Å². The number of anilines is 1. The first-order valence-electron chi connectivity index (χ1n) is 8.64. The molecule has 0 unspecified atom stereocenters. The number of para-hydroxylation sites is 1. The molecule has 0 radical (unpaired) electrons. The van der Waals surface area contributed by atoms with Gasteiger partial charge in [-0.2, -0.15) is 5.26 Å². The number of nitriles is 1. The van der Waals surface area contributed by atoms with E-state index >= 15 is 0 Å². The molecule has 1 saturated heterocycles. The molecule has 0 aromatic heterocycles. The number of carbonyl (C=O) groups is 1. The number of hydrogen-bond acceptors (Lipinski definition) is 4. The van der Waals surface area contributed by atoms with Crippen LogP contribution in [0.4, 0.5) is 5.69 Å².